The van der Waals surface area contributed by atoms with Crippen LogP contribution >= 0.6 is 0 Å². The van der Waals surface area contributed by atoms with Crippen molar-refractivity contribution in [2.75, 3.05) is 0 Å². The molecule has 1 aliphatic rings. The molecule has 0 bridgehead atoms. The summed E-state index contributed by atoms with van der Waals surface area (Å²) in [6.07, 6.45) is 15.7. The highest BCUT2D eigenvalue weighted by Crippen LogP contribution is 2.39. The highest BCUT2D eigenvalue weighted by molar-refractivity contribution is 5.69. The van der Waals surface area contributed by atoms with Crippen molar-refractivity contribution < 1.29 is 19.4 Å². The van der Waals surface area contributed by atoms with Gasteiger partial charge in [-0.05, 0) is 99.8 Å². The van der Waals surface area contributed by atoms with E-state index in [1.807, 2.05) is 6.92 Å². The van der Waals surface area contributed by atoms with E-state index in [1.165, 1.54) is 62.5 Å². The minimum absolute atomic E-state index is 0.0136. The Morgan fingerprint density at radius 1 is 0.895 bits per heavy atom. The lowest BCUT2D eigenvalue weighted by atomic mass is 9.90. The Labute approximate surface area is 234 Å². The molecule has 0 radical (unpaired) electrons. The van der Waals surface area contributed by atoms with Crippen molar-refractivity contribution in [1.29, 1.82) is 0 Å². The fourth-order valence-electron chi connectivity index (χ4n) is 5.70. The van der Waals surface area contributed by atoms with Gasteiger partial charge in [-0.15, -0.1) is 0 Å². The average Bonchev–Trinajstić information content (AvgIpc) is 2.85. The van der Waals surface area contributed by atoms with Gasteiger partial charge in [0.25, 0.3) is 0 Å². The Morgan fingerprint density at radius 2 is 1.50 bits per heavy atom. The molecule has 2 unspecified atom stereocenters. The van der Waals surface area contributed by atoms with Crippen LogP contribution in [0.3, 0.4) is 0 Å². The van der Waals surface area contributed by atoms with E-state index in [4.69, 9.17) is 14.6 Å². The molecular formula is C34H58O4. The van der Waals surface area contributed by atoms with E-state index < -0.39 is 5.97 Å². The first kappa shape index (κ1) is 32.5. The molecule has 0 aromatic heterocycles. The lowest BCUT2D eigenvalue weighted by molar-refractivity contribution is -0.141. The first-order chi connectivity index (χ1) is 18.0. The van der Waals surface area contributed by atoms with E-state index in [-0.39, 0.29) is 12.0 Å². The van der Waals surface area contributed by atoms with Crippen LogP contribution in [0.5, 0.6) is 11.5 Å². The molecule has 1 aromatic carbocycles. The number of hydrogen-bond donors (Lipinski definition) is 1. The molecule has 1 heterocycles. The highest BCUT2D eigenvalue weighted by atomic mass is 16.5. The summed E-state index contributed by atoms with van der Waals surface area (Å²) >= 11 is 0. The zero-order chi connectivity index (χ0) is 28.2. The summed E-state index contributed by atoms with van der Waals surface area (Å²) < 4.78 is 12.8. The van der Waals surface area contributed by atoms with Crippen molar-refractivity contribution in [3.8, 4) is 11.5 Å². The van der Waals surface area contributed by atoms with Crippen LogP contribution in [0.4, 0.5) is 0 Å². The highest BCUT2D eigenvalue weighted by Gasteiger charge is 2.25. The number of ether oxygens (including phenoxy) is 2. The molecule has 0 aliphatic carbocycles. The topological polar surface area (TPSA) is 55.8 Å². The van der Waals surface area contributed by atoms with Crippen molar-refractivity contribution in [2.24, 2.45) is 23.7 Å². The van der Waals surface area contributed by atoms with Gasteiger partial charge in [0.1, 0.15) is 11.5 Å². The van der Waals surface area contributed by atoms with Gasteiger partial charge < -0.3 is 14.6 Å². The standard InChI is InChI=1S/C34H58O4/c1-23(2)12-9-13-24(3)14-10-15-25(4)16-11-17-31-21-20-30-22-32(28(7)29(8)33(30)38-31)37-27(6)19-18-26(5)34(35)36/h22-27,31H,9-21H2,1-8H3,(H,35,36)/t24-,25-,26?,27?,31-/m1/s1. The minimum Gasteiger partial charge on any atom is -0.490 e. The number of benzene rings is 1. The van der Waals surface area contributed by atoms with Gasteiger partial charge in [-0.25, -0.2) is 0 Å². The summed E-state index contributed by atoms with van der Waals surface area (Å²) in [5.74, 6) is 3.42. The van der Waals surface area contributed by atoms with E-state index in [2.05, 4.69) is 47.6 Å². The number of aryl methyl sites for hydroxylation is 1. The van der Waals surface area contributed by atoms with Crippen LogP contribution in [0.25, 0.3) is 0 Å². The predicted octanol–water partition coefficient (Wildman–Crippen LogP) is 9.70. The molecule has 1 N–H and O–H groups in total. The van der Waals surface area contributed by atoms with Crippen LogP contribution in [0.1, 0.15) is 135 Å². The quantitative estimate of drug-likeness (QED) is 0.205. The number of carboxylic acid groups (broad SMARTS) is 1. The second kappa shape index (κ2) is 16.4. The third kappa shape index (κ3) is 11.2. The van der Waals surface area contributed by atoms with Crippen LogP contribution in [0, 0.1) is 37.5 Å². The molecule has 218 valence electrons. The van der Waals surface area contributed by atoms with E-state index >= 15 is 0 Å². The van der Waals surface area contributed by atoms with Crippen LogP contribution < -0.4 is 9.47 Å². The van der Waals surface area contributed by atoms with E-state index in [9.17, 15) is 4.79 Å². The smallest absolute Gasteiger partial charge is 0.306 e. The summed E-state index contributed by atoms with van der Waals surface area (Å²) in [5.41, 5.74) is 3.57. The van der Waals surface area contributed by atoms with Gasteiger partial charge >= 0.3 is 5.97 Å². The first-order valence-corrected chi connectivity index (χ1v) is 15.7. The molecule has 5 atom stereocenters. The van der Waals surface area contributed by atoms with Crippen molar-refractivity contribution in [3.63, 3.8) is 0 Å². The second-order valence-electron chi connectivity index (χ2n) is 13.0. The molecule has 0 saturated heterocycles. The Balaban J connectivity index is 1.75. The van der Waals surface area contributed by atoms with E-state index in [0.29, 0.717) is 12.5 Å². The summed E-state index contributed by atoms with van der Waals surface area (Å²) in [4.78, 5) is 11.1. The molecule has 0 saturated carbocycles. The maximum absolute atomic E-state index is 11.1. The SMILES string of the molecule is Cc1c(OC(C)CCC(C)C(=O)O)cc2c(c1C)O[C@H](CCC[C@H](C)CCC[C@H](C)CCCC(C)C)CC2. The zero-order valence-corrected chi connectivity index (χ0v) is 25.9. The Morgan fingerprint density at radius 3 is 2.11 bits per heavy atom. The average molecular weight is 531 g/mol. The monoisotopic (exact) mass is 530 g/mol. The van der Waals surface area contributed by atoms with Gasteiger partial charge in [-0.3, -0.25) is 4.79 Å². The van der Waals surface area contributed by atoms with Crippen molar-refractivity contribution >= 4 is 5.97 Å². The number of carboxylic acids is 1. The van der Waals surface area contributed by atoms with Crippen molar-refractivity contribution in [2.45, 2.75) is 151 Å². The third-order valence-electron chi connectivity index (χ3n) is 8.74. The fourth-order valence-corrected chi connectivity index (χ4v) is 5.70. The Bertz CT molecular complexity index is 845. The summed E-state index contributed by atoms with van der Waals surface area (Å²) in [7, 11) is 0. The molecule has 4 nitrogen and oxygen atoms in total. The maximum Gasteiger partial charge on any atom is 0.306 e. The molecule has 0 spiro atoms. The van der Waals surface area contributed by atoms with Crippen LogP contribution in [0.15, 0.2) is 6.07 Å². The lowest BCUT2D eigenvalue weighted by Crippen LogP contribution is -2.24. The van der Waals surface area contributed by atoms with E-state index in [0.717, 1.165) is 60.5 Å². The molecular weight excluding hydrogens is 472 g/mol. The maximum atomic E-state index is 11.1. The summed E-state index contributed by atoms with van der Waals surface area (Å²) in [6, 6.07) is 2.16. The van der Waals surface area contributed by atoms with Crippen LogP contribution in [-0.2, 0) is 11.2 Å². The van der Waals surface area contributed by atoms with Gasteiger partial charge in [0, 0.05) is 0 Å². The molecule has 0 amide bonds. The number of carbonyl (C=O) groups is 1. The first-order valence-electron chi connectivity index (χ1n) is 15.7. The number of rotatable bonds is 18. The molecule has 4 heteroatoms. The lowest BCUT2D eigenvalue weighted by Gasteiger charge is -2.30. The Hall–Kier alpha value is -1.71. The van der Waals surface area contributed by atoms with Crippen LogP contribution in [-0.4, -0.2) is 23.3 Å². The zero-order valence-electron chi connectivity index (χ0n) is 25.9. The number of fused-ring (bicyclic) bond motifs is 1. The van der Waals surface area contributed by atoms with Gasteiger partial charge in [0.15, 0.2) is 0 Å². The third-order valence-corrected chi connectivity index (χ3v) is 8.74. The van der Waals surface area contributed by atoms with Gasteiger partial charge in [0.05, 0.1) is 18.1 Å². The van der Waals surface area contributed by atoms with Crippen molar-refractivity contribution in [1.82, 2.24) is 0 Å². The molecule has 1 aromatic rings. The normalized spacial score (nSPS) is 18.4. The second-order valence-corrected chi connectivity index (χ2v) is 13.0. The minimum atomic E-state index is -0.739. The van der Waals surface area contributed by atoms with Gasteiger partial charge in [-0.2, -0.15) is 0 Å². The molecule has 0 fully saturated rings. The molecule has 38 heavy (non-hydrogen) atoms. The van der Waals surface area contributed by atoms with Gasteiger partial charge in [0.2, 0.25) is 0 Å². The number of aliphatic carboxylic acids is 1. The van der Waals surface area contributed by atoms with E-state index in [1.54, 1.807) is 6.92 Å². The molecule has 2 rings (SSSR count). The van der Waals surface area contributed by atoms with Crippen molar-refractivity contribution in [3.05, 3.63) is 22.8 Å². The largest absolute Gasteiger partial charge is 0.490 e. The molecule has 1 aliphatic heterocycles. The Kier molecular flexibility index (Phi) is 14.0. The summed E-state index contributed by atoms with van der Waals surface area (Å²) in [6.45, 7) is 17.6. The number of hydrogen-bond acceptors (Lipinski definition) is 3. The van der Waals surface area contributed by atoms with Crippen LogP contribution in [0.2, 0.25) is 0 Å². The predicted molar refractivity (Wildman–Crippen MR) is 159 cm³/mol. The fraction of sp³-hybridized carbons (Fsp3) is 0.794. The summed E-state index contributed by atoms with van der Waals surface area (Å²) in [5, 5.41) is 9.13. The van der Waals surface area contributed by atoms with Gasteiger partial charge in [-0.1, -0.05) is 79.6 Å².